The van der Waals surface area contributed by atoms with E-state index in [0.29, 0.717) is 5.95 Å². The van der Waals surface area contributed by atoms with Gasteiger partial charge in [0, 0.05) is 38.9 Å². The van der Waals surface area contributed by atoms with Gasteiger partial charge in [-0.25, -0.2) is 18.7 Å². The van der Waals surface area contributed by atoms with Crippen molar-refractivity contribution in [1.82, 2.24) is 19.9 Å². The lowest BCUT2D eigenvalue weighted by molar-refractivity contribution is 0.246. The van der Waals surface area contributed by atoms with Crippen LogP contribution in [0, 0.1) is 11.6 Å². The average molecular weight is 367 g/mol. The highest BCUT2D eigenvalue weighted by atomic mass is 19.1. The van der Waals surface area contributed by atoms with Crippen molar-refractivity contribution in [2.45, 2.75) is 6.54 Å². The molecule has 7 heteroatoms. The number of rotatable bonds is 4. The molecule has 0 radical (unpaired) electrons. The Bertz CT molecular complexity index is 891. The third-order valence-electron chi connectivity index (χ3n) is 4.64. The van der Waals surface area contributed by atoms with Gasteiger partial charge in [0.15, 0.2) is 5.82 Å². The molecule has 1 saturated heterocycles. The van der Waals surface area contributed by atoms with Crippen LogP contribution < -0.4 is 4.90 Å². The SMILES string of the molecule is Fc1ccc(-c2ccnc(CN3CCN(c4ncc(F)cn4)CC3)c2)cc1. The van der Waals surface area contributed by atoms with Crippen molar-refractivity contribution in [2.24, 2.45) is 0 Å². The number of halogens is 2. The van der Waals surface area contributed by atoms with Gasteiger partial charge in [0.2, 0.25) is 5.95 Å². The van der Waals surface area contributed by atoms with Gasteiger partial charge < -0.3 is 4.90 Å². The summed E-state index contributed by atoms with van der Waals surface area (Å²) in [4.78, 5) is 16.9. The number of aromatic nitrogens is 3. The Labute approximate surface area is 156 Å². The Morgan fingerprint density at radius 3 is 2.19 bits per heavy atom. The Morgan fingerprint density at radius 1 is 0.778 bits per heavy atom. The Balaban J connectivity index is 1.38. The molecule has 2 aromatic heterocycles. The number of pyridine rings is 1. The van der Waals surface area contributed by atoms with Crippen molar-refractivity contribution >= 4 is 5.95 Å². The van der Waals surface area contributed by atoms with Crippen molar-refractivity contribution in [2.75, 3.05) is 31.1 Å². The highest BCUT2D eigenvalue weighted by Gasteiger charge is 2.19. The first-order chi connectivity index (χ1) is 13.2. The second kappa shape index (κ2) is 7.75. The molecule has 0 bridgehead atoms. The summed E-state index contributed by atoms with van der Waals surface area (Å²) in [6.07, 6.45) is 4.18. The number of benzene rings is 1. The summed E-state index contributed by atoms with van der Waals surface area (Å²) in [5.41, 5.74) is 2.97. The molecule has 0 aliphatic carbocycles. The second-order valence-electron chi connectivity index (χ2n) is 6.51. The summed E-state index contributed by atoms with van der Waals surface area (Å²) in [5.74, 6) is -0.104. The van der Waals surface area contributed by atoms with E-state index < -0.39 is 5.82 Å². The van der Waals surface area contributed by atoms with Gasteiger partial charge in [-0.1, -0.05) is 12.1 Å². The minimum atomic E-state index is -0.426. The number of nitrogens with zero attached hydrogens (tertiary/aromatic N) is 5. The summed E-state index contributed by atoms with van der Waals surface area (Å²) in [6.45, 7) is 4.01. The molecule has 4 rings (SSSR count). The lowest BCUT2D eigenvalue weighted by atomic mass is 10.1. The molecule has 1 aliphatic rings. The summed E-state index contributed by atoms with van der Waals surface area (Å²) in [6, 6.07) is 10.5. The predicted octanol–water partition coefficient (Wildman–Crippen LogP) is 3.14. The minimum absolute atomic E-state index is 0.240. The van der Waals surface area contributed by atoms with Crippen LogP contribution in [0.4, 0.5) is 14.7 Å². The van der Waals surface area contributed by atoms with Crippen molar-refractivity contribution in [3.63, 3.8) is 0 Å². The highest BCUT2D eigenvalue weighted by Crippen LogP contribution is 2.21. The first kappa shape index (κ1) is 17.5. The first-order valence-corrected chi connectivity index (χ1v) is 8.83. The van der Waals surface area contributed by atoms with Crippen molar-refractivity contribution in [3.8, 4) is 11.1 Å². The monoisotopic (exact) mass is 367 g/mol. The third-order valence-corrected chi connectivity index (χ3v) is 4.64. The lowest BCUT2D eigenvalue weighted by Crippen LogP contribution is -2.46. The van der Waals surface area contributed by atoms with Gasteiger partial charge >= 0.3 is 0 Å². The summed E-state index contributed by atoms with van der Waals surface area (Å²) in [7, 11) is 0. The zero-order valence-corrected chi connectivity index (χ0v) is 14.7. The van der Waals surface area contributed by atoms with Crippen LogP contribution in [0.5, 0.6) is 0 Å². The third kappa shape index (κ3) is 4.25. The van der Waals surface area contributed by atoms with E-state index in [1.54, 1.807) is 18.3 Å². The van der Waals surface area contributed by atoms with E-state index in [2.05, 4.69) is 24.8 Å². The smallest absolute Gasteiger partial charge is 0.225 e. The van der Waals surface area contributed by atoms with Gasteiger partial charge in [-0.2, -0.15) is 0 Å². The maximum absolute atomic E-state index is 13.1. The molecule has 0 atom stereocenters. The molecule has 1 aromatic carbocycles. The fraction of sp³-hybridized carbons (Fsp3) is 0.250. The average Bonchev–Trinajstić information content (AvgIpc) is 2.70. The van der Waals surface area contributed by atoms with Gasteiger partial charge in [-0.15, -0.1) is 0 Å². The summed E-state index contributed by atoms with van der Waals surface area (Å²) >= 11 is 0. The topological polar surface area (TPSA) is 45.2 Å². The molecular weight excluding hydrogens is 348 g/mol. The fourth-order valence-electron chi connectivity index (χ4n) is 3.19. The van der Waals surface area contributed by atoms with E-state index in [0.717, 1.165) is 49.5 Å². The Kier molecular flexibility index (Phi) is 5.02. The van der Waals surface area contributed by atoms with Gasteiger partial charge in [0.05, 0.1) is 18.1 Å². The summed E-state index contributed by atoms with van der Waals surface area (Å²) < 4.78 is 26.1. The maximum Gasteiger partial charge on any atom is 0.225 e. The molecule has 3 aromatic rings. The van der Waals surface area contributed by atoms with Crippen LogP contribution in [-0.4, -0.2) is 46.0 Å². The van der Waals surface area contributed by atoms with Crippen molar-refractivity contribution < 1.29 is 8.78 Å². The second-order valence-corrected chi connectivity index (χ2v) is 6.51. The minimum Gasteiger partial charge on any atom is -0.338 e. The molecule has 27 heavy (non-hydrogen) atoms. The molecule has 0 spiro atoms. The summed E-state index contributed by atoms with van der Waals surface area (Å²) in [5, 5.41) is 0. The standard InChI is InChI=1S/C20H19F2N5/c21-17-3-1-15(2-4-17)16-5-6-23-19(11-16)14-26-7-9-27(10-8-26)20-24-12-18(22)13-25-20/h1-6,11-13H,7-10,14H2. The van der Waals surface area contributed by atoms with Crippen LogP contribution >= 0.6 is 0 Å². The molecule has 0 N–H and O–H groups in total. The molecule has 0 unspecified atom stereocenters. The molecule has 0 amide bonds. The van der Waals surface area contributed by atoms with Crippen molar-refractivity contribution in [1.29, 1.82) is 0 Å². The first-order valence-electron chi connectivity index (χ1n) is 8.83. The van der Waals surface area contributed by atoms with Gasteiger partial charge in [0.25, 0.3) is 0 Å². The van der Waals surface area contributed by atoms with Crippen LogP contribution in [0.25, 0.3) is 11.1 Å². The highest BCUT2D eigenvalue weighted by molar-refractivity contribution is 5.63. The van der Waals surface area contributed by atoms with Crippen LogP contribution in [-0.2, 0) is 6.54 Å². The largest absolute Gasteiger partial charge is 0.338 e. The van der Waals surface area contributed by atoms with E-state index in [4.69, 9.17) is 0 Å². The Hall–Kier alpha value is -2.93. The van der Waals surface area contributed by atoms with Gasteiger partial charge in [-0.05, 0) is 35.4 Å². The molecule has 1 fully saturated rings. The van der Waals surface area contributed by atoms with E-state index in [1.165, 1.54) is 24.5 Å². The lowest BCUT2D eigenvalue weighted by Gasteiger charge is -2.34. The van der Waals surface area contributed by atoms with Crippen LogP contribution in [0.15, 0.2) is 55.0 Å². The van der Waals surface area contributed by atoms with Crippen LogP contribution in [0.1, 0.15) is 5.69 Å². The van der Waals surface area contributed by atoms with E-state index in [-0.39, 0.29) is 5.82 Å². The van der Waals surface area contributed by atoms with E-state index in [9.17, 15) is 8.78 Å². The molecule has 138 valence electrons. The maximum atomic E-state index is 13.1. The number of hydrogen-bond acceptors (Lipinski definition) is 5. The zero-order valence-electron chi connectivity index (χ0n) is 14.7. The Morgan fingerprint density at radius 2 is 1.48 bits per heavy atom. The van der Waals surface area contributed by atoms with Crippen molar-refractivity contribution in [3.05, 3.63) is 72.3 Å². The van der Waals surface area contributed by atoms with E-state index >= 15 is 0 Å². The number of anilines is 1. The molecule has 3 heterocycles. The molecular formula is C20H19F2N5. The van der Waals surface area contributed by atoms with Gasteiger partial charge in [-0.3, -0.25) is 9.88 Å². The fourth-order valence-corrected chi connectivity index (χ4v) is 3.19. The molecule has 0 saturated carbocycles. The molecule has 1 aliphatic heterocycles. The number of hydrogen-bond donors (Lipinski definition) is 0. The van der Waals surface area contributed by atoms with Crippen LogP contribution in [0.3, 0.4) is 0 Å². The zero-order chi connectivity index (χ0) is 18.6. The van der Waals surface area contributed by atoms with Gasteiger partial charge in [0.1, 0.15) is 5.82 Å². The van der Waals surface area contributed by atoms with E-state index in [1.807, 2.05) is 12.1 Å². The predicted molar refractivity (Wildman–Crippen MR) is 99.1 cm³/mol. The normalized spacial score (nSPS) is 15.1. The molecule has 5 nitrogen and oxygen atoms in total. The quantitative estimate of drug-likeness (QED) is 0.709. The van der Waals surface area contributed by atoms with Crippen LogP contribution in [0.2, 0.25) is 0 Å². The number of piperazine rings is 1.